The molecule has 3 heteroatoms. The second-order valence-electron chi connectivity index (χ2n) is 2.47. The number of benzene rings is 1. The number of para-hydroxylation sites is 1. The van der Waals surface area contributed by atoms with Crippen LogP contribution in [0, 0.1) is 0 Å². The van der Waals surface area contributed by atoms with Crippen molar-refractivity contribution < 1.29 is 9.03 Å². The van der Waals surface area contributed by atoms with Gasteiger partial charge in [-0.3, -0.25) is 0 Å². The Labute approximate surface area is 75.5 Å². The molecule has 0 N–H and O–H groups in total. The van der Waals surface area contributed by atoms with Gasteiger partial charge in [0.1, 0.15) is 5.75 Å². The van der Waals surface area contributed by atoms with Crippen LogP contribution in [-0.4, -0.2) is 6.29 Å². The fraction of sp³-hybridized carbons (Fsp3) is 0.111. The van der Waals surface area contributed by atoms with E-state index in [1.807, 2.05) is 30.3 Å². The molecule has 2 nitrogen and oxygen atoms in total. The fourth-order valence-electron chi connectivity index (χ4n) is 1.12. The van der Waals surface area contributed by atoms with Crippen LogP contribution in [0.15, 0.2) is 30.3 Å². The second kappa shape index (κ2) is 3.17. The molecule has 0 amide bonds. The van der Waals surface area contributed by atoms with Crippen LogP contribution in [0.5, 0.6) is 5.75 Å². The molecule has 62 valence electrons. The summed E-state index contributed by atoms with van der Waals surface area (Å²) < 4.78 is 9.85. The third kappa shape index (κ3) is 1.31. The molecule has 1 aromatic carbocycles. The maximum absolute atomic E-state index is 5.34. The lowest BCUT2D eigenvalue weighted by Gasteiger charge is -2.17. The van der Waals surface area contributed by atoms with Crippen LogP contribution in [-0.2, 0) is 4.29 Å². The first-order valence-electron chi connectivity index (χ1n) is 3.61. The molecule has 0 aliphatic carbocycles. The molecular weight excluding hydrogens is 176 g/mol. The van der Waals surface area contributed by atoms with E-state index in [-0.39, 0.29) is 0 Å². The molecule has 0 radical (unpaired) electrons. The van der Waals surface area contributed by atoms with Gasteiger partial charge in [-0.15, -0.1) is 0 Å². The van der Waals surface area contributed by atoms with Crippen LogP contribution in [0.3, 0.4) is 0 Å². The fourth-order valence-corrected chi connectivity index (χ4v) is 1.22. The molecule has 0 bridgehead atoms. The minimum absolute atomic E-state index is 0.471. The molecule has 0 saturated heterocycles. The van der Waals surface area contributed by atoms with E-state index in [4.69, 9.17) is 16.6 Å². The highest BCUT2D eigenvalue weighted by Crippen LogP contribution is 2.25. The summed E-state index contributed by atoms with van der Waals surface area (Å²) >= 11 is 5.17. The van der Waals surface area contributed by atoms with Crippen LogP contribution < -0.4 is 4.74 Å². The van der Waals surface area contributed by atoms with Crippen LogP contribution in [0.1, 0.15) is 5.56 Å². The SMILES string of the molecule is ClOC1C=Cc2ccccc2O1. The Kier molecular flexibility index (Phi) is 2.02. The van der Waals surface area contributed by atoms with Gasteiger partial charge in [0, 0.05) is 5.56 Å². The van der Waals surface area contributed by atoms with Gasteiger partial charge in [-0.2, -0.15) is 0 Å². The third-order valence-electron chi connectivity index (χ3n) is 1.68. The molecular formula is C9H7ClO2. The normalized spacial score (nSPS) is 19.9. The zero-order valence-electron chi connectivity index (χ0n) is 6.24. The number of hydrogen-bond donors (Lipinski definition) is 0. The van der Waals surface area contributed by atoms with Gasteiger partial charge < -0.3 is 4.74 Å². The lowest BCUT2D eigenvalue weighted by atomic mass is 10.1. The Morgan fingerprint density at radius 3 is 3.00 bits per heavy atom. The summed E-state index contributed by atoms with van der Waals surface area (Å²) in [6.45, 7) is 0. The van der Waals surface area contributed by atoms with Crippen molar-refractivity contribution in [2.45, 2.75) is 6.29 Å². The van der Waals surface area contributed by atoms with Gasteiger partial charge in [-0.1, -0.05) is 18.2 Å². The Morgan fingerprint density at radius 2 is 2.17 bits per heavy atom. The van der Waals surface area contributed by atoms with E-state index in [1.165, 1.54) is 0 Å². The summed E-state index contributed by atoms with van der Waals surface area (Å²) in [6, 6.07) is 7.70. The predicted octanol–water partition coefficient (Wildman–Crippen LogP) is 2.59. The minimum Gasteiger partial charge on any atom is -0.459 e. The Hall–Kier alpha value is -0.990. The van der Waals surface area contributed by atoms with Crippen molar-refractivity contribution in [3.8, 4) is 5.75 Å². The van der Waals surface area contributed by atoms with E-state index in [0.717, 1.165) is 11.3 Å². The number of fused-ring (bicyclic) bond motifs is 1. The highest BCUT2D eigenvalue weighted by atomic mass is 35.5. The molecule has 1 aliphatic heterocycles. The van der Waals surface area contributed by atoms with Gasteiger partial charge in [0.25, 0.3) is 0 Å². The molecule has 12 heavy (non-hydrogen) atoms. The topological polar surface area (TPSA) is 18.5 Å². The lowest BCUT2D eigenvalue weighted by Crippen LogP contribution is -2.16. The van der Waals surface area contributed by atoms with Gasteiger partial charge in [-0.05, 0) is 18.2 Å². The molecule has 1 aliphatic rings. The van der Waals surface area contributed by atoms with Gasteiger partial charge in [0.15, 0.2) is 0 Å². The van der Waals surface area contributed by atoms with Crippen LogP contribution >= 0.6 is 11.9 Å². The second-order valence-corrected chi connectivity index (χ2v) is 2.65. The van der Waals surface area contributed by atoms with E-state index in [0.29, 0.717) is 0 Å². The van der Waals surface area contributed by atoms with Crippen molar-refractivity contribution in [2.24, 2.45) is 0 Å². The smallest absolute Gasteiger partial charge is 0.238 e. The van der Waals surface area contributed by atoms with E-state index in [1.54, 1.807) is 6.08 Å². The molecule has 1 atom stereocenters. The average Bonchev–Trinajstić information content (AvgIpc) is 2.17. The standard InChI is InChI=1S/C9H7ClO2/c10-12-9-6-5-7-3-1-2-4-8(7)11-9/h1-6,9H. The zero-order chi connectivity index (χ0) is 8.39. The molecule has 0 fully saturated rings. The largest absolute Gasteiger partial charge is 0.459 e. The molecule has 1 heterocycles. The first-order chi connectivity index (χ1) is 5.90. The van der Waals surface area contributed by atoms with Crippen molar-refractivity contribution in [3.05, 3.63) is 35.9 Å². The number of ether oxygens (including phenoxy) is 1. The summed E-state index contributed by atoms with van der Waals surface area (Å²) in [6.07, 6.45) is 3.21. The first kappa shape index (κ1) is 7.65. The molecule has 0 saturated carbocycles. The maximum Gasteiger partial charge on any atom is 0.238 e. The van der Waals surface area contributed by atoms with Crippen LogP contribution in [0.25, 0.3) is 6.08 Å². The highest BCUT2D eigenvalue weighted by molar-refractivity contribution is 6.07. The Balaban J connectivity index is 2.33. The van der Waals surface area contributed by atoms with Gasteiger partial charge in [0.2, 0.25) is 6.29 Å². The van der Waals surface area contributed by atoms with Crippen LogP contribution in [0.2, 0.25) is 0 Å². The third-order valence-corrected chi connectivity index (χ3v) is 1.86. The highest BCUT2D eigenvalue weighted by Gasteiger charge is 2.12. The number of rotatable bonds is 1. The van der Waals surface area contributed by atoms with Crippen molar-refractivity contribution in [1.82, 2.24) is 0 Å². The summed E-state index contributed by atoms with van der Waals surface area (Å²) in [5, 5.41) is 0. The quantitative estimate of drug-likeness (QED) is 0.665. The monoisotopic (exact) mass is 182 g/mol. The zero-order valence-corrected chi connectivity index (χ0v) is 6.99. The predicted molar refractivity (Wildman–Crippen MR) is 46.8 cm³/mol. The number of hydrogen-bond acceptors (Lipinski definition) is 2. The molecule has 1 unspecified atom stereocenters. The Bertz CT molecular complexity index is 309. The molecule has 1 aromatic rings. The van der Waals surface area contributed by atoms with Gasteiger partial charge in [-0.25, -0.2) is 4.29 Å². The molecule has 0 spiro atoms. The molecule has 0 aromatic heterocycles. The van der Waals surface area contributed by atoms with Crippen molar-refractivity contribution >= 4 is 17.9 Å². The summed E-state index contributed by atoms with van der Waals surface area (Å²) in [5.74, 6) is 0.797. The van der Waals surface area contributed by atoms with Crippen molar-refractivity contribution in [2.75, 3.05) is 0 Å². The summed E-state index contributed by atoms with van der Waals surface area (Å²) in [5.41, 5.74) is 1.04. The summed E-state index contributed by atoms with van der Waals surface area (Å²) in [7, 11) is 0. The van der Waals surface area contributed by atoms with Crippen LogP contribution in [0.4, 0.5) is 0 Å². The summed E-state index contributed by atoms with van der Waals surface area (Å²) in [4.78, 5) is 0. The minimum atomic E-state index is -0.471. The van der Waals surface area contributed by atoms with Crippen molar-refractivity contribution in [3.63, 3.8) is 0 Å². The van der Waals surface area contributed by atoms with E-state index in [2.05, 4.69) is 4.29 Å². The average molecular weight is 183 g/mol. The van der Waals surface area contributed by atoms with Gasteiger partial charge >= 0.3 is 0 Å². The molecule has 2 rings (SSSR count). The maximum atomic E-state index is 5.34. The number of halogens is 1. The van der Waals surface area contributed by atoms with E-state index in [9.17, 15) is 0 Å². The van der Waals surface area contributed by atoms with E-state index >= 15 is 0 Å². The van der Waals surface area contributed by atoms with E-state index < -0.39 is 6.29 Å². The van der Waals surface area contributed by atoms with Gasteiger partial charge in [0.05, 0.1) is 11.9 Å². The Morgan fingerprint density at radius 1 is 1.33 bits per heavy atom. The lowest BCUT2D eigenvalue weighted by molar-refractivity contribution is 0.0545. The first-order valence-corrected chi connectivity index (χ1v) is 3.92. The van der Waals surface area contributed by atoms with Crippen molar-refractivity contribution in [1.29, 1.82) is 0 Å².